The number of hydrogen-bond acceptors (Lipinski definition) is 0. The van der Waals surface area contributed by atoms with Gasteiger partial charge in [-0.25, -0.2) is 0 Å². The Hall–Kier alpha value is -1.30. The lowest BCUT2D eigenvalue weighted by molar-refractivity contribution is 1.37. The molecule has 0 saturated carbocycles. The Labute approximate surface area is 102 Å². The van der Waals surface area contributed by atoms with Crippen molar-refractivity contribution in [2.24, 2.45) is 0 Å². The molecular formula is C16H26. The molecule has 0 spiro atoms. The summed E-state index contributed by atoms with van der Waals surface area (Å²) in [5.41, 5.74) is 4.55. The van der Waals surface area contributed by atoms with E-state index >= 15 is 0 Å². The molecule has 0 radical (unpaired) electrons. The van der Waals surface area contributed by atoms with E-state index in [4.69, 9.17) is 0 Å². The molecule has 0 unspecified atom stereocenters. The molecule has 16 heavy (non-hydrogen) atoms. The Morgan fingerprint density at radius 1 is 0.812 bits per heavy atom. The molecule has 0 heterocycles. The van der Waals surface area contributed by atoms with E-state index in [2.05, 4.69) is 46.1 Å². The fraction of sp³-hybridized carbons (Fsp3) is 0.375. The SMILES string of the molecule is C=C(C)/C=C\C(=C)/C(C)=C/C=C(C)C.CC. The van der Waals surface area contributed by atoms with Gasteiger partial charge in [-0.3, -0.25) is 0 Å². The maximum Gasteiger partial charge on any atom is -0.0299 e. The normalized spacial score (nSPS) is 10.5. The van der Waals surface area contributed by atoms with Gasteiger partial charge in [0.2, 0.25) is 0 Å². The van der Waals surface area contributed by atoms with Crippen LogP contribution in [0.5, 0.6) is 0 Å². The van der Waals surface area contributed by atoms with Crippen molar-refractivity contribution in [3.05, 3.63) is 59.8 Å². The quantitative estimate of drug-likeness (QED) is 0.538. The predicted octanol–water partition coefficient (Wildman–Crippen LogP) is 5.61. The van der Waals surface area contributed by atoms with Crippen LogP contribution in [0.3, 0.4) is 0 Å². The molecule has 0 nitrogen and oxygen atoms in total. The van der Waals surface area contributed by atoms with E-state index in [1.807, 2.05) is 32.9 Å². The first-order valence-electron chi connectivity index (χ1n) is 5.78. The highest BCUT2D eigenvalue weighted by Gasteiger charge is 1.89. The van der Waals surface area contributed by atoms with Crippen LogP contribution < -0.4 is 0 Å². The number of allylic oxidation sites excluding steroid dienone is 8. The van der Waals surface area contributed by atoms with Crippen LogP contribution in [0.4, 0.5) is 0 Å². The van der Waals surface area contributed by atoms with Gasteiger partial charge in [-0.2, -0.15) is 0 Å². The van der Waals surface area contributed by atoms with Gasteiger partial charge in [0.25, 0.3) is 0 Å². The predicted molar refractivity (Wildman–Crippen MR) is 77.6 cm³/mol. The molecule has 0 aliphatic heterocycles. The van der Waals surface area contributed by atoms with Crippen molar-refractivity contribution < 1.29 is 0 Å². The zero-order valence-electron chi connectivity index (χ0n) is 11.7. The smallest absolute Gasteiger partial charge is 0.0299 e. The Bertz CT molecular complexity index is 305. The van der Waals surface area contributed by atoms with Crippen LogP contribution in [0.15, 0.2) is 59.8 Å². The molecule has 0 saturated heterocycles. The standard InChI is InChI=1S/C14H20.C2H6/c1-11(2)7-9-13(5)14(6)10-8-12(3)4;1-2/h7-10H,1,5H2,2-4,6H3;1-2H3/b9-7-,14-10+;. The molecule has 0 aromatic carbocycles. The molecule has 0 bridgehead atoms. The minimum absolute atomic E-state index is 1.03. The van der Waals surface area contributed by atoms with E-state index in [0.29, 0.717) is 0 Å². The molecule has 0 aromatic rings. The van der Waals surface area contributed by atoms with Gasteiger partial charge < -0.3 is 0 Å². The lowest BCUT2D eigenvalue weighted by Crippen LogP contribution is -1.78. The minimum atomic E-state index is 1.03. The number of hydrogen-bond donors (Lipinski definition) is 0. The van der Waals surface area contributed by atoms with Crippen molar-refractivity contribution in [1.82, 2.24) is 0 Å². The Morgan fingerprint density at radius 2 is 1.31 bits per heavy atom. The van der Waals surface area contributed by atoms with Crippen LogP contribution in [-0.2, 0) is 0 Å². The molecule has 0 atom stereocenters. The third-order valence-electron chi connectivity index (χ3n) is 1.74. The topological polar surface area (TPSA) is 0 Å². The first-order chi connectivity index (χ1) is 7.43. The molecule has 90 valence electrons. The van der Waals surface area contributed by atoms with Crippen molar-refractivity contribution in [2.75, 3.05) is 0 Å². The van der Waals surface area contributed by atoms with Crippen LogP contribution in [-0.4, -0.2) is 0 Å². The summed E-state index contributed by atoms with van der Waals surface area (Å²) in [6.07, 6.45) is 8.14. The second-order valence-electron chi connectivity index (χ2n) is 3.80. The summed E-state index contributed by atoms with van der Waals surface area (Å²) in [5.74, 6) is 0. The molecule has 0 N–H and O–H groups in total. The van der Waals surface area contributed by atoms with E-state index in [-0.39, 0.29) is 0 Å². The molecule has 0 aliphatic carbocycles. The summed E-state index contributed by atoms with van der Waals surface area (Å²) < 4.78 is 0. The average molecular weight is 218 g/mol. The maximum atomic E-state index is 3.98. The summed E-state index contributed by atoms with van der Waals surface area (Å²) in [6, 6.07) is 0. The average Bonchev–Trinajstić information content (AvgIpc) is 2.25. The second kappa shape index (κ2) is 10.2. The van der Waals surface area contributed by atoms with Crippen molar-refractivity contribution in [1.29, 1.82) is 0 Å². The van der Waals surface area contributed by atoms with Gasteiger partial charge in [0.05, 0.1) is 0 Å². The van der Waals surface area contributed by atoms with Crippen molar-refractivity contribution in [3.8, 4) is 0 Å². The van der Waals surface area contributed by atoms with Gasteiger partial charge in [0.15, 0.2) is 0 Å². The molecule has 0 aliphatic rings. The molecule has 0 rings (SSSR count). The largest absolute Gasteiger partial charge is 0.0961 e. The second-order valence-corrected chi connectivity index (χ2v) is 3.80. The van der Waals surface area contributed by atoms with E-state index in [1.165, 1.54) is 11.1 Å². The van der Waals surface area contributed by atoms with E-state index in [1.54, 1.807) is 0 Å². The summed E-state index contributed by atoms with van der Waals surface area (Å²) in [6.45, 7) is 20.0. The highest BCUT2D eigenvalue weighted by Crippen LogP contribution is 2.10. The molecule has 0 heteroatoms. The van der Waals surface area contributed by atoms with Gasteiger partial charge in [-0.1, -0.05) is 62.5 Å². The Balaban J connectivity index is 0. The Morgan fingerprint density at radius 3 is 1.69 bits per heavy atom. The van der Waals surface area contributed by atoms with Crippen molar-refractivity contribution in [3.63, 3.8) is 0 Å². The van der Waals surface area contributed by atoms with Crippen LogP contribution >= 0.6 is 0 Å². The fourth-order valence-corrected chi connectivity index (χ4v) is 0.773. The molecular weight excluding hydrogens is 192 g/mol. The molecule has 0 fully saturated rings. The first-order valence-corrected chi connectivity index (χ1v) is 5.78. The molecule has 0 amide bonds. The third kappa shape index (κ3) is 10.8. The van der Waals surface area contributed by atoms with Gasteiger partial charge in [-0.05, 0) is 38.8 Å². The van der Waals surface area contributed by atoms with E-state index in [9.17, 15) is 0 Å². The zero-order valence-corrected chi connectivity index (χ0v) is 11.7. The van der Waals surface area contributed by atoms with Crippen LogP contribution in [0.25, 0.3) is 0 Å². The fourth-order valence-electron chi connectivity index (χ4n) is 0.773. The minimum Gasteiger partial charge on any atom is -0.0961 e. The summed E-state index contributed by atoms with van der Waals surface area (Å²) in [4.78, 5) is 0. The summed E-state index contributed by atoms with van der Waals surface area (Å²) >= 11 is 0. The van der Waals surface area contributed by atoms with Gasteiger partial charge >= 0.3 is 0 Å². The van der Waals surface area contributed by atoms with Crippen LogP contribution in [0.1, 0.15) is 41.5 Å². The zero-order chi connectivity index (χ0) is 13.1. The maximum absolute atomic E-state index is 3.98. The van der Waals surface area contributed by atoms with Gasteiger partial charge in [-0.15, -0.1) is 0 Å². The van der Waals surface area contributed by atoms with Gasteiger partial charge in [0, 0.05) is 0 Å². The highest BCUT2D eigenvalue weighted by atomic mass is 14.0. The van der Waals surface area contributed by atoms with Crippen molar-refractivity contribution in [2.45, 2.75) is 41.5 Å². The van der Waals surface area contributed by atoms with E-state index in [0.717, 1.165) is 11.1 Å². The lowest BCUT2D eigenvalue weighted by Gasteiger charge is -1.98. The molecule has 0 aromatic heterocycles. The van der Waals surface area contributed by atoms with E-state index < -0.39 is 0 Å². The third-order valence-corrected chi connectivity index (χ3v) is 1.74. The summed E-state index contributed by atoms with van der Waals surface area (Å²) in [7, 11) is 0. The monoisotopic (exact) mass is 218 g/mol. The van der Waals surface area contributed by atoms with Crippen LogP contribution in [0.2, 0.25) is 0 Å². The summed E-state index contributed by atoms with van der Waals surface area (Å²) in [5, 5.41) is 0. The van der Waals surface area contributed by atoms with Crippen LogP contribution in [0, 0.1) is 0 Å². The Kier molecular flexibility index (Phi) is 10.9. The number of rotatable bonds is 4. The lowest BCUT2D eigenvalue weighted by atomic mass is 10.1. The first kappa shape index (κ1) is 17.1. The van der Waals surface area contributed by atoms with Gasteiger partial charge in [0.1, 0.15) is 0 Å². The van der Waals surface area contributed by atoms with Crippen molar-refractivity contribution >= 4 is 0 Å². The highest BCUT2D eigenvalue weighted by molar-refractivity contribution is 5.40.